The number of nitrogens with two attached hydrogens (primary N) is 1. The zero-order chi connectivity index (χ0) is 12.6. The molecule has 0 saturated heterocycles. The number of hydrogen-bond donors (Lipinski definition) is 1. The van der Waals surface area contributed by atoms with Gasteiger partial charge in [-0.3, -0.25) is 0 Å². The predicted octanol–water partition coefficient (Wildman–Crippen LogP) is 1.92. The Labute approximate surface area is 109 Å². The molecule has 1 aromatic heterocycles. The molecule has 102 valence electrons. The van der Waals surface area contributed by atoms with E-state index in [1.807, 2.05) is 4.68 Å². The van der Waals surface area contributed by atoms with Crippen LogP contribution in [0.25, 0.3) is 0 Å². The van der Waals surface area contributed by atoms with Crippen molar-refractivity contribution in [2.24, 2.45) is 11.7 Å². The van der Waals surface area contributed by atoms with E-state index in [4.69, 9.17) is 5.73 Å². The van der Waals surface area contributed by atoms with Gasteiger partial charge in [-0.2, -0.15) is 0 Å². The van der Waals surface area contributed by atoms with E-state index in [-0.39, 0.29) is 0 Å². The number of aromatic nitrogens is 4. The average Bonchev–Trinajstić information content (AvgIpc) is 2.86. The van der Waals surface area contributed by atoms with Crippen LogP contribution in [0.1, 0.15) is 57.2 Å². The maximum Gasteiger partial charge on any atom is 0.151 e. The minimum absolute atomic E-state index is 0.750. The molecule has 1 aliphatic carbocycles. The van der Waals surface area contributed by atoms with E-state index in [2.05, 4.69) is 15.5 Å². The van der Waals surface area contributed by atoms with Crippen molar-refractivity contribution < 1.29 is 0 Å². The second kappa shape index (κ2) is 7.46. The minimum Gasteiger partial charge on any atom is -0.330 e. The van der Waals surface area contributed by atoms with Crippen LogP contribution in [-0.2, 0) is 13.0 Å². The first-order valence-corrected chi connectivity index (χ1v) is 7.35. The Morgan fingerprint density at radius 1 is 1.17 bits per heavy atom. The van der Waals surface area contributed by atoms with Crippen molar-refractivity contribution in [2.45, 2.75) is 64.3 Å². The summed E-state index contributed by atoms with van der Waals surface area (Å²) >= 11 is 0. The van der Waals surface area contributed by atoms with Gasteiger partial charge in [0, 0.05) is 13.0 Å². The lowest BCUT2D eigenvalue weighted by atomic mass is 9.86. The second-order valence-corrected chi connectivity index (χ2v) is 5.36. The van der Waals surface area contributed by atoms with Crippen LogP contribution in [0.4, 0.5) is 0 Å². The largest absolute Gasteiger partial charge is 0.330 e. The van der Waals surface area contributed by atoms with Gasteiger partial charge in [-0.05, 0) is 42.2 Å². The Bertz CT molecular complexity index is 330. The summed E-state index contributed by atoms with van der Waals surface area (Å²) in [6.07, 6.45) is 11.4. The Morgan fingerprint density at radius 2 is 2.00 bits per heavy atom. The third kappa shape index (κ3) is 4.05. The summed E-state index contributed by atoms with van der Waals surface area (Å²) in [6, 6.07) is 0. The normalized spacial score (nSPS) is 17.2. The summed E-state index contributed by atoms with van der Waals surface area (Å²) in [4.78, 5) is 0. The van der Waals surface area contributed by atoms with Gasteiger partial charge in [-0.1, -0.05) is 32.1 Å². The first-order valence-electron chi connectivity index (χ1n) is 7.35. The molecule has 18 heavy (non-hydrogen) atoms. The van der Waals surface area contributed by atoms with Crippen LogP contribution in [0, 0.1) is 5.92 Å². The van der Waals surface area contributed by atoms with Crippen molar-refractivity contribution in [3.05, 3.63) is 5.82 Å². The molecule has 1 aromatic rings. The van der Waals surface area contributed by atoms with E-state index in [1.54, 1.807) is 0 Å². The highest BCUT2D eigenvalue weighted by Gasteiger charge is 2.15. The number of nitrogens with zero attached hydrogens (tertiary/aromatic N) is 4. The molecule has 5 nitrogen and oxygen atoms in total. The lowest BCUT2D eigenvalue weighted by Gasteiger charge is -2.20. The molecule has 2 rings (SSSR count). The minimum atomic E-state index is 0.750. The van der Waals surface area contributed by atoms with Gasteiger partial charge in [0.05, 0.1) is 0 Å². The molecule has 0 amide bonds. The summed E-state index contributed by atoms with van der Waals surface area (Å²) in [5.41, 5.74) is 5.50. The summed E-state index contributed by atoms with van der Waals surface area (Å²) in [7, 11) is 0. The molecule has 0 bridgehead atoms. The molecule has 1 fully saturated rings. The second-order valence-electron chi connectivity index (χ2n) is 5.36. The highest BCUT2D eigenvalue weighted by molar-refractivity contribution is 4.82. The van der Waals surface area contributed by atoms with E-state index in [9.17, 15) is 0 Å². The molecular formula is C13H25N5. The van der Waals surface area contributed by atoms with Crippen LogP contribution in [0.2, 0.25) is 0 Å². The molecule has 0 radical (unpaired) electrons. The predicted molar refractivity (Wildman–Crippen MR) is 71.0 cm³/mol. The maximum atomic E-state index is 5.50. The van der Waals surface area contributed by atoms with E-state index in [1.165, 1.54) is 38.5 Å². The van der Waals surface area contributed by atoms with E-state index in [0.717, 1.165) is 44.1 Å². The van der Waals surface area contributed by atoms with Crippen molar-refractivity contribution in [3.8, 4) is 0 Å². The van der Waals surface area contributed by atoms with E-state index in [0.29, 0.717) is 0 Å². The standard InChI is InChI=1S/C13H25N5/c14-10-4-5-11-18-13(15-16-17-18)9-8-12-6-2-1-3-7-12/h12H,1-11,14H2. The third-order valence-corrected chi connectivity index (χ3v) is 3.93. The Morgan fingerprint density at radius 3 is 2.78 bits per heavy atom. The van der Waals surface area contributed by atoms with Gasteiger partial charge in [0.15, 0.2) is 5.82 Å². The number of aryl methyl sites for hydroxylation is 2. The Hall–Kier alpha value is -0.970. The topological polar surface area (TPSA) is 69.6 Å². The summed E-state index contributed by atoms with van der Waals surface area (Å²) in [6.45, 7) is 1.66. The van der Waals surface area contributed by atoms with Crippen LogP contribution in [0.15, 0.2) is 0 Å². The van der Waals surface area contributed by atoms with Crippen LogP contribution < -0.4 is 5.73 Å². The number of tetrazole rings is 1. The molecular weight excluding hydrogens is 226 g/mol. The molecule has 0 spiro atoms. The molecule has 0 aliphatic heterocycles. The Kier molecular flexibility index (Phi) is 5.58. The third-order valence-electron chi connectivity index (χ3n) is 3.93. The van der Waals surface area contributed by atoms with Crippen LogP contribution in [-0.4, -0.2) is 26.8 Å². The molecule has 1 saturated carbocycles. The van der Waals surface area contributed by atoms with Gasteiger partial charge in [0.1, 0.15) is 0 Å². The average molecular weight is 251 g/mol. The van der Waals surface area contributed by atoms with E-state index >= 15 is 0 Å². The molecule has 0 unspecified atom stereocenters. The number of hydrogen-bond acceptors (Lipinski definition) is 4. The first-order chi connectivity index (χ1) is 8.90. The van der Waals surface area contributed by atoms with Crippen molar-refractivity contribution >= 4 is 0 Å². The molecule has 2 N–H and O–H groups in total. The van der Waals surface area contributed by atoms with Crippen LogP contribution in [0.5, 0.6) is 0 Å². The van der Waals surface area contributed by atoms with Gasteiger partial charge in [-0.25, -0.2) is 4.68 Å². The van der Waals surface area contributed by atoms with Gasteiger partial charge in [-0.15, -0.1) is 5.10 Å². The molecule has 0 atom stereocenters. The van der Waals surface area contributed by atoms with Crippen LogP contribution >= 0.6 is 0 Å². The van der Waals surface area contributed by atoms with E-state index < -0.39 is 0 Å². The molecule has 1 heterocycles. The van der Waals surface area contributed by atoms with Gasteiger partial charge >= 0.3 is 0 Å². The molecule has 1 aliphatic rings. The van der Waals surface area contributed by atoms with Crippen molar-refractivity contribution in [2.75, 3.05) is 6.54 Å². The van der Waals surface area contributed by atoms with Gasteiger partial charge in [0.2, 0.25) is 0 Å². The highest BCUT2D eigenvalue weighted by Crippen LogP contribution is 2.27. The monoisotopic (exact) mass is 251 g/mol. The highest BCUT2D eigenvalue weighted by atomic mass is 15.5. The number of unbranched alkanes of at least 4 members (excludes halogenated alkanes) is 1. The lowest BCUT2D eigenvalue weighted by Crippen LogP contribution is -2.11. The fraction of sp³-hybridized carbons (Fsp3) is 0.923. The summed E-state index contributed by atoms with van der Waals surface area (Å²) in [5.74, 6) is 1.95. The number of rotatable bonds is 7. The summed E-state index contributed by atoms with van der Waals surface area (Å²) in [5, 5.41) is 12.0. The fourth-order valence-electron chi connectivity index (χ4n) is 2.79. The SMILES string of the molecule is NCCCCn1nnnc1CCC1CCCCC1. The lowest BCUT2D eigenvalue weighted by molar-refractivity contribution is 0.335. The van der Waals surface area contributed by atoms with Gasteiger partial charge < -0.3 is 5.73 Å². The molecule has 0 aromatic carbocycles. The maximum absolute atomic E-state index is 5.50. The first kappa shape index (κ1) is 13.5. The zero-order valence-corrected chi connectivity index (χ0v) is 11.2. The van der Waals surface area contributed by atoms with Crippen molar-refractivity contribution in [1.29, 1.82) is 0 Å². The van der Waals surface area contributed by atoms with Gasteiger partial charge in [0.25, 0.3) is 0 Å². The fourth-order valence-corrected chi connectivity index (χ4v) is 2.79. The zero-order valence-electron chi connectivity index (χ0n) is 11.2. The van der Waals surface area contributed by atoms with Crippen LogP contribution in [0.3, 0.4) is 0 Å². The smallest absolute Gasteiger partial charge is 0.151 e. The van der Waals surface area contributed by atoms with Crippen molar-refractivity contribution in [3.63, 3.8) is 0 Å². The molecule has 5 heteroatoms. The van der Waals surface area contributed by atoms with Crippen molar-refractivity contribution in [1.82, 2.24) is 20.2 Å². The summed E-state index contributed by atoms with van der Waals surface area (Å²) < 4.78 is 1.96. The quantitative estimate of drug-likeness (QED) is 0.752. The Balaban J connectivity index is 1.75.